The van der Waals surface area contributed by atoms with Gasteiger partial charge in [-0.3, -0.25) is 0 Å². The molecular weight excluding hydrogens is 184 g/mol. The topological polar surface area (TPSA) is 12.0 Å². The summed E-state index contributed by atoms with van der Waals surface area (Å²) in [7, 11) is 0. The zero-order valence-electron chi connectivity index (χ0n) is 8.32. The summed E-state index contributed by atoms with van der Waals surface area (Å²) in [4.78, 5) is 0. The minimum atomic E-state index is -0.586. The number of halogens is 2. The van der Waals surface area contributed by atoms with Crippen molar-refractivity contribution < 1.29 is 8.78 Å². The van der Waals surface area contributed by atoms with Crippen molar-refractivity contribution in [2.75, 3.05) is 5.32 Å². The van der Waals surface area contributed by atoms with Crippen molar-refractivity contribution in [3.8, 4) is 0 Å². The molecule has 1 N–H and O–H groups in total. The molecule has 0 bridgehead atoms. The van der Waals surface area contributed by atoms with Crippen LogP contribution in [-0.4, -0.2) is 0 Å². The number of nitrogens with one attached hydrogen (secondary N) is 1. The molecule has 3 heteroatoms. The first-order valence-electron chi connectivity index (χ1n) is 4.45. The lowest BCUT2D eigenvalue weighted by atomic mass is 10.1. The Bertz CT molecular complexity index is 335. The van der Waals surface area contributed by atoms with Crippen LogP contribution in [-0.2, 0) is 0 Å². The van der Waals surface area contributed by atoms with Gasteiger partial charge in [-0.2, -0.15) is 0 Å². The van der Waals surface area contributed by atoms with E-state index in [-0.39, 0.29) is 0 Å². The molecule has 0 saturated carbocycles. The van der Waals surface area contributed by atoms with Crippen molar-refractivity contribution in [1.82, 2.24) is 0 Å². The van der Waals surface area contributed by atoms with Crippen molar-refractivity contribution in [3.05, 3.63) is 41.6 Å². The predicted molar refractivity (Wildman–Crippen MR) is 54.1 cm³/mol. The zero-order valence-corrected chi connectivity index (χ0v) is 8.32. The zero-order chi connectivity index (χ0) is 10.7. The van der Waals surface area contributed by atoms with Crippen LogP contribution >= 0.6 is 0 Å². The minimum Gasteiger partial charge on any atom is -0.357 e. The molecule has 0 aromatic heterocycles. The molecule has 0 aliphatic heterocycles. The van der Waals surface area contributed by atoms with Gasteiger partial charge in [0.05, 0.1) is 5.69 Å². The van der Waals surface area contributed by atoms with Gasteiger partial charge in [0.25, 0.3) is 0 Å². The van der Waals surface area contributed by atoms with Crippen molar-refractivity contribution >= 4 is 5.69 Å². The second kappa shape index (κ2) is 4.22. The lowest BCUT2D eigenvalue weighted by Crippen LogP contribution is -2.02. The van der Waals surface area contributed by atoms with Crippen LogP contribution in [0.2, 0.25) is 0 Å². The average Bonchev–Trinajstić information content (AvgIpc) is 2.10. The molecule has 1 aromatic rings. The maximum absolute atomic E-state index is 13.3. The lowest BCUT2D eigenvalue weighted by Gasteiger charge is -2.11. The fourth-order valence-electron chi connectivity index (χ4n) is 1.13. The van der Waals surface area contributed by atoms with Gasteiger partial charge in [0.2, 0.25) is 0 Å². The molecule has 0 aliphatic rings. The summed E-state index contributed by atoms with van der Waals surface area (Å²) < 4.78 is 26.0. The summed E-state index contributed by atoms with van der Waals surface area (Å²) >= 11 is 0. The maximum Gasteiger partial charge on any atom is 0.149 e. The van der Waals surface area contributed by atoms with E-state index in [2.05, 4.69) is 11.9 Å². The second-order valence-electron chi connectivity index (χ2n) is 3.16. The van der Waals surface area contributed by atoms with Crippen LogP contribution in [0.3, 0.4) is 0 Å². The van der Waals surface area contributed by atoms with Crippen molar-refractivity contribution in [1.29, 1.82) is 0 Å². The monoisotopic (exact) mass is 197 g/mol. The minimum absolute atomic E-state index is 0.304. The molecule has 0 unspecified atom stereocenters. The van der Waals surface area contributed by atoms with E-state index in [0.717, 1.165) is 6.07 Å². The largest absolute Gasteiger partial charge is 0.357 e. The number of rotatable bonds is 3. The highest BCUT2D eigenvalue weighted by atomic mass is 19.1. The van der Waals surface area contributed by atoms with Crippen LogP contribution in [0.1, 0.15) is 18.9 Å². The highest BCUT2D eigenvalue weighted by Crippen LogP contribution is 2.22. The molecule has 0 spiro atoms. The highest BCUT2D eigenvalue weighted by Gasteiger charge is 2.08. The van der Waals surface area contributed by atoms with Crippen LogP contribution in [0.4, 0.5) is 14.5 Å². The Hall–Kier alpha value is -1.38. The molecule has 0 amide bonds. The fourth-order valence-corrected chi connectivity index (χ4v) is 1.13. The summed E-state index contributed by atoms with van der Waals surface area (Å²) in [6, 6.07) is 2.15. The Morgan fingerprint density at radius 2 is 2.07 bits per heavy atom. The number of hydrogen-bond acceptors (Lipinski definition) is 1. The molecule has 0 fully saturated rings. The van der Waals surface area contributed by atoms with Crippen LogP contribution in [0.25, 0.3) is 0 Å². The van der Waals surface area contributed by atoms with E-state index in [1.807, 2.05) is 6.92 Å². The second-order valence-corrected chi connectivity index (χ2v) is 3.16. The normalized spacial score (nSPS) is 10.0. The fraction of sp³-hybridized carbons (Fsp3) is 0.273. The van der Waals surface area contributed by atoms with Gasteiger partial charge in [0.15, 0.2) is 0 Å². The average molecular weight is 197 g/mol. The Balaban J connectivity index is 3.02. The third-order valence-electron chi connectivity index (χ3n) is 1.98. The van der Waals surface area contributed by atoms with Gasteiger partial charge in [-0.25, -0.2) is 8.78 Å². The van der Waals surface area contributed by atoms with Crippen LogP contribution in [0, 0.1) is 18.6 Å². The Labute approximate surface area is 82.4 Å². The summed E-state index contributed by atoms with van der Waals surface area (Å²) in [6.45, 7) is 7.26. The SMILES string of the molecule is C=C(CC)Nc1c(C)cc(F)cc1F. The van der Waals surface area contributed by atoms with Crippen LogP contribution in [0.5, 0.6) is 0 Å². The molecule has 0 heterocycles. The molecule has 76 valence electrons. The Morgan fingerprint density at radius 1 is 1.43 bits per heavy atom. The molecule has 1 aromatic carbocycles. The van der Waals surface area contributed by atoms with E-state index in [1.54, 1.807) is 6.92 Å². The number of benzene rings is 1. The summed E-state index contributed by atoms with van der Waals surface area (Å²) in [5.41, 5.74) is 1.55. The summed E-state index contributed by atoms with van der Waals surface area (Å²) in [5, 5.41) is 2.82. The number of anilines is 1. The van der Waals surface area contributed by atoms with Crippen LogP contribution < -0.4 is 5.32 Å². The maximum atomic E-state index is 13.3. The lowest BCUT2D eigenvalue weighted by molar-refractivity contribution is 0.584. The molecule has 0 saturated heterocycles. The third kappa shape index (κ3) is 2.31. The van der Waals surface area contributed by atoms with E-state index in [0.29, 0.717) is 23.4 Å². The highest BCUT2D eigenvalue weighted by molar-refractivity contribution is 5.55. The quantitative estimate of drug-likeness (QED) is 0.780. The van der Waals surface area contributed by atoms with Gasteiger partial charge in [-0.15, -0.1) is 0 Å². The first-order chi connectivity index (χ1) is 6.54. The third-order valence-corrected chi connectivity index (χ3v) is 1.98. The summed E-state index contributed by atoms with van der Waals surface area (Å²) in [6.07, 6.45) is 0.705. The van der Waals surface area contributed by atoms with Crippen molar-refractivity contribution in [2.24, 2.45) is 0 Å². The molecule has 0 aliphatic carbocycles. The first kappa shape index (κ1) is 10.7. The van der Waals surface area contributed by atoms with E-state index >= 15 is 0 Å². The van der Waals surface area contributed by atoms with E-state index in [9.17, 15) is 8.78 Å². The van der Waals surface area contributed by atoms with Gasteiger partial charge >= 0.3 is 0 Å². The standard InChI is InChI=1S/C11H13F2N/c1-4-8(3)14-11-7(2)5-9(12)6-10(11)13/h5-6,14H,3-4H2,1-2H3. The Morgan fingerprint density at radius 3 is 2.57 bits per heavy atom. The predicted octanol–water partition coefficient (Wildman–Crippen LogP) is 3.61. The first-order valence-corrected chi connectivity index (χ1v) is 4.45. The van der Waals surface area contributed by atoms with E-state index in [4.69, 9.17) is 0 Å². The van der Waals surface area contributed by atoms with Gasteiger partial charge < -0.3 is 5.32 Å². The molecular formula is C11H13F2N. The number of hydrogen-bond donors (Lipinski definition) is 1. The van der Waals surface area contributed by atoms with Gasteiger partial charge in [0, 0.05) is 11.8 Å². The Kier molecular flexibility index (Phi) is 3.23. The molecule has 0 radical (unpaired) electrons. The van der Waals surface area contributed by atoms with Crippen molar-refractivity contribution in [3.63, 3.8) is 0 Å². The number of aryl methyl sites for hydroxylation is 1. The molecule has 0 atom stereocenters. The van der Waals surface area contributed by atoms with Crippen LogP contribution in [0.15, 0.2) is 24.4 Å². The van der Waals surface area contributed by atoms with E-state index in [1.165, 1.54) is 6.07 Å². The molecule has 1 rings (SSSR count). The summed E-state index contributed by atoms with van der Waals surface area (Å²) in [5.74, 6) is -1.15. The molecule has 1 nitrogen and oxygen atoms in total. The van der Waals surface area contributed by atoms with Gasteiger partial charge in [-0.1, -0.05) is 13.5 Å². The van der Waals surface area contributed by atoms with Crippen molar-refractivity contribution in [2.45, 2.75) is 20.3 Å². The smallest absolute Gasteiger partial charge is 0.149 e. The van der Waals surface area contributed by atoms with Gasteiger partial charge in [-0.05, 0) is 25.0 Å². The van der Waals surface area contributed by atoms with Gasteiger partial charge in [0.1, 0.15) is 11.6 Å². The number of allylic oxidation sites excluding steroid dienone is 1. The van der Waals surface area contributed by atoms with E-state index < -0.39 is 11.6 Å². The molecule has 14 heavy (non-hydrogen) atoms.